The molecule has 0 unspecified atom stereocenters. The lowest BCUT2D eigenvalue weighted by Gasteiger charge is -2.22. The van der Waals surface area contributed by atoms with Gasteiger partial charge in [0, 0.05) is 0 Å². The third-order valence-corrected chi connectivity index (χ3v) is 3.03. The fourth-order valence-electron chi connectivity index (χ4n) is 1.30. The molecule has 0 amide bonds. The summed E-state index contributed by atoms with van der Waals surface area (Å²) in [5, 5.41) is 6.57. The summed E-state index contributed by atoms with van der Waals surface area (Å²) in [6, 6.07) is 0. The molecular formula is C10H18N4O2S. The summed E-state index contributed by atoms with van der Waals surface area (Å²) < 4.78 is 4.78. The van der Waals surface area contributed by atoms with Gasteiger partial charge < -0.3 is 10.5 Å². The molecule has 0 bridgehead atoms. The third kappa shape index (κ3) is 4.64. The van der Waals surface area contributed by atoms with E-state index < -0.39 is 0 Å². The van der Waals surface area contributed by atoms with E-state index in [1.807, 2.05) is 0 Å². The number of rotatable bonds is 4. The Balaban J connectivity index is 2.73. The molecule has 1 rings (SSSR count). The molecule has 0 aliphatic heterocycles. The average molecular weight is 258 g/mol. The minimum absolute atomic E-state index is 0.0215. The standard InChI is InChI=1S/C10H18N4O2S/c1-10(2,3)5-6(7(15)16-4)17-9-12-8(11)13-14-9/h6H,5H2,1-4H3,(H3,11,12,13,14)/t6-/m0/s1. The summed E-state index contributed by atoms with van der Waals surface area (Å²) in [7, 11) is 1.38. The van der Waals surface area contributed by atoms with Crippen molar-refractivity contribution in [2.45, 2.75) is 37.6 Å². The Morgan fingerprint density at radius 2 is 2.24 bits per heavy atom. The van der Waals surface area contributed by atoms with Crippen molar-refractivity contribution in [1.29, 1.82) is 0 Å². The first-order valence-electron chi connectivity index (χ1n) is 5.24. The molecular weight excluding hydrogens is 240 g/mol. The molecule has 0 fully saturated rings. The highest BCUT2D eigenvalue weighted by atomic mass is 32.2. The lowest BCUT2D eigenvalue weighted by molar-refractivity contribution is -0.140. The summed E-state index contributed by atoms with van der Waals surface area (Å²) in [5.41, 5.74) is 5.45. The third-order valence-electron chi connectivity index (χ3n) is 1.99. The zero-order chi connectivity index (χ0) is 13.1. The Bertz CT molecular complexity index is 386. The predicted molar refractivity (Wildman–Crippen MR) is 66.5 cm³/mol. The van der Waals surface area contributed by atoms with Crippen molar-refractivity contribution in [3.63, 3.8) is 0 Å². The number of aromatic amines is 1. The molecule has 1 aromatic heterocycles. The van der Waals surface area contributed by atoms with Crippen LogP contribution in [0.25, 0.3) is 0 Å². The second-order valence-corrected chi connectivity index (χ2v) is 6.07. The van der Waals surface area contributed by atoms with E-state index in [-0.39, 0.29) is 22.6 Å². The number of methoxy groups -OCH3 is 1. The van der Waals surface area contributed by atoms with E-state index in [4.69, 9.17) is 10.5 Å². The summed E-state index contributed by atoms with van der Waals surface area (Å²) in [5.74, 6) is -0.0276. The van der Waals surface area contributed by atoms with Crippen LogP contribution in [0.2, 0.25) is 0 Å². The number of aromatic nitrogens is 3. The number of thioether (sulfide) groups is 1. The van der Waals surface area contributed by atoms with E-state index in [0.29, 0.717) is 11.6 Å². The molecule has 0 aliphatic carbocycles. The van der Waals surface area contributed by atoms with Crippen LogP contribution in [-0.4, -0.2) is 33.5 Å². The van der Waals surface area contributed by atoms with Crippen molar-refractivity contribution in [3.05, 3.63) is 0 Å². The molecule has 3 N–H and O–H groups in total. The van der Waals surface area contributed by atoms with Gasteiger partial charge in [-0.15, -0.1) is 5.10 Å². The zero-order valence-corrected chi connectivity index (χ0v) is 11.3. The predicted octanol–water partition coefficient (Wildman–Crippen LogP) is 1.46. The summed E-state index contributed by atoms with van der Waals surface area (Å²) in [4.78, 5) is 15.6. The maximum Gasteiger partial charge on any atom is 0.319 e. The molecule has 7 heteroatoms. The fraction of sp³-hybridized carbons (Fsp3) is 0.700. The van der Waals surface area contributed by atoms with Gasteiger partial charge in [-0.05, 0) is 11.8 Å². The van der Waals surface area contributed by atoms with Crippen molar-refractivity contribution in [2.24, 2.45) is 5.41 Å². The highest BCUT2D eigenvalue weighted by Crippen LogP contribution is 2.31. The van der Waals surface area contributed by atoms with Gasteiger partial charge in [-0.1, -0.05) is 32.5 Å². The van der Waals surface area contributed by atoms with Crippen LogP contribution in [0.4, 0.5) is 5.95 Å². The Morgan fingerprint density at radius 3 is 2.65 bits per heavy atom. The number of nitrogens with one attached hydrogen (secondary N) is 1. The molecule has 1 aromatic rings. The second kappa shape index (κ2) is 5.39. The van der Waals surface area contributed by atoms with Crippen molar-refractivity contribution in [3.8, 4) is 0 Å². The van der Waals surface area contributed by atoms with Gasteiger partial charge in [-0.2, -0.15) is 4.98 Å². The number of hydrogen-bond donors (Lipinski definition) is 2. The van der Waals surface area contributed by atoms with Crippen LogP contribution < -0.4 is 5.73 Å². The maximum atomic E-state index is 11.7. The molecule has 1 atom stereocenters. The van der Waals surface area contributed by atoms with Crippen molar-refractivity contribution in [2.75, 3.05) is 12.8 Å². The number of ether oxygens (including phenoxy) is 1. The second-order valence-electron chi connectivity index (χ2n) is 4.90. The molecule has 96 valence electrons. The molecule has 6 nitrogen and oxygen atoms in total. The molecule has 0 saturated carbocycles. The van der Waals surface area contributed by atoms with Gasteiger partial charge in [0.25, 0.3) is 0 Å². The Kier molecular flexibility index (Phi) is 4.39. The highest BCUT2D eigenvalue weighted by Gasteiger charge is 2.28. The van der Waals surface area contributed by atoms with Crippen LogP contribution in [0.3, 0.4) is 0 Å². The van der Waals surface area contributed by atoms with Gasteiger partial charge in [-0.25, -0.2) is 5.10 Å². The van der Waals surface area contributed by atoms with Crippen molar-refractivity contribution >= 4 is 23.7 Å². The van der Waals surface area contributed by atoms with E-state index in [1.165, 1.54) is 18.9 Å². The van der Waals surface area contributed by atoms with Crippen LogP contribution in [0, 0.1) is 5.41 Å². The smallest absolute Gasteiger partial charge is 0.319 e. The lowest BCUT2D eigenvalue weighted by Crippen LogP contribution is -2.24. The number of esters is 1. The SMILES string of the molecule is COC(=O)[C@H](CC(C)(C)C)Sc1n[nH]c(N)n1. The zero-order valence-electron chi connectivity index (χ0n) is 10.5. The summed E-state index contributed by atoms with van der Waals surface area (Å²) >= 11 is 1.26. The number of carbonyl (C=O) groups excluding carboxylic acids is 1. The van der Waals surface area contributed by atoms with E-state index >= 15 is 0 Å². The number of H-pyrrole nitrogens is 1. The number of hydrogen-bond acceptors (Lipinski definition) is 6. The average Bonchev–Trinajstić information content (AvgIpc) is 2.60. The molecule has 0 spiro atoms. The van der Waals surface area contributed by atoms with E-state index in [0.717, 1.165) is 0 Å². The Morgan fingerprint density at radius 1 is 1.59 bits per heavy atom. The van der Waals surface area contributed by atoms with Crippen molar-refractivity contribution in [1.82, 2.24) is 15.2 Å². The minimum Gasteiger partial charge on any atom is -0.468 e. The van der Waals surface area contributed by atoms with Gasteiger partial charge in [0.05, 0.1) is 7.11 Å². The first-order chi connectivity index (χ1) is 7.81. The number of nitrogens with zero attached hydrogens (tertiary/aromatic N) is 2. The molecule has 0 radical (unpaired) electrons. The van der Waals surface area contributed by atoms with Crippen LogP contribution in [0.15, 0.2) is 5.16 Å². The van der Waals surface area contributed by atoms with Gasteiger partial charge in [0.1, 0.15) is 5.25 Å². The maximum absolute atomic E-state index is 11.7. The van der Waals surface area contributed by atoms with E-state index in [1.54, 1.807) is 0 Å². The monoisotopic (exact) mass is 258 g/mol. The Hall–Kier alpha value is -1.24. The van der Waals surface area contributed by atoms with Gasteiger partial charge in [-0.3, -0.25) is 4.79 Å². The van der Waals surface area contributed by atoms with E-state index in [2.05, 4.69) is 36.0 Å². The normalized spacial score (nSPS) is 13.4. The molecule has 17 heavy (non-hydrogen) atoms. The summed E-state index contributed by atoms with van der Waals surface area (Å²) in [6.07, 6.45) is 0.679. The summed E-state index contributed by atoms with van der Waals surface area (Å²) in [6.45, 7) is 6.20. The molecule has 0 aliphatic rings. The molecule has 1 heterocycles. The number of anilines is 1. The quantitative estimate of drug-likeness (QED) is 0.627. The van der Waals surface area contributed by atoms with Crippen LogP contribution in [0.1, 0.15) is 27.2 Å². The first kappa shape index (κ1) is 13.8. The number of nitrogens with two attached hydrogens (primary N) is 1. The number of nitrogen functional groups attached to an aromatic ring is 1. The first-order valence-corrected chi connectivity index (χ1v) is 6.12. The molecule has 0 saturated heterocycles. The van der Waals surface area contributed by atoms with Crippen molar-refractivity contribution < 1.29 is 9.53 Å². The van der Waals surface area contributed by atoms with Gasteiger partial charge >= 0.3 is 5.97 Å². The lowest BCUT2D eigenvalue weighted by atomic mass is 9.90. The van der Waals surface area contributed by atoms with Crippen LogP contribution in [0.5, 0.6) is 0 Å². The van der Waals surface area contributed by atoms with Gasteiger partial charge in [0.15, 0.2) is 0 Å². The van der Waals surface area contributed by atoms with E-state index in [9.17, 15) is 4.79 Å². The van der Waals surface area contributed by atoms with Gasteiger partial charge in [0.2, 0.25) is 11.1 Å². The minimum atomic E-state index is -0.324. The largest absolute Gasteiger partial charge is 0.468 e. The molecule has 0 aromatic carbocycles. The Labute approximate surface area is 105 Å². The van der Waals surface area contributed by atoms with Crippen LogP contribution >= 0.6 is 11.8 Å². The fourth-order valence-corrected chi connectivity index (χ4v) is 2.58. The highest BCUT2D eigenvalue weighted by molar-refractivity contribution is 8.00. The number of carbonyl (C=O) groups is 1. The van der Waals surface area contributed by atoms with Crippen LogP contribution in [-0.2, 0) is 9.53 Å². The topological polar surface area (TPSA) is 93.9 Å².